The van der Waals surface area contributed by atoms with Crippen LogP contribution in [0.2, 0.25) is 0 Å². The van der Waals surface area contributed by atoms with E-state index in [2.05, 4.69) is 5.16 Å². The molecule has 0 aliphatic heterocycles. The second kappa shape index (κ2) is 6.85. The van der Waals surface area contributed by atoms with Crippen molar-refractivity contribution in [3.8, 4) is 17.0 Å². The molecular weight excluding hydrogens is 369 g/mol. The molecule has 0 radical (unpaired) electrons. The highest BCUT2D eigenvalue weighted by atomic mass is 32.2. The first-order valence-electron chi connectivity index (χ1n) is 8.12. The van der Waals surface area contributed by atoms with E-state index in [1.807, 2.05) is 6.07 Å². The summed E-state index contributed by atoms with van der Waals surface area (Å²) in [5, 5.41) is 4.67. The van der Waals surface area contributed by atoms with Crippen LogP contribution in [0.15, 0.2) is 77.3 Å². The summed E-state index contributed by atoms with van der Waals surface area (Å²) >= 11 is 0. The number of hydrogen-bond acceptors (Lipinski definition) is 5. The number of fused-ring (bicyclic) bond motifs is 1. The van der Waals surface area contributed by atoms with Crippen molar-refractivity contribution >= 4 is 21.1 Å². The van der Waals surface area contributed by atoms with Crippen molar-refractivity contribution in [1.82, 2.24) is 5.16 Å². The summed E-state index contributed by atoms with van der Waals surface area (Å²) in [5.74, 6) is -0.436. The summed E-state index contributed by atoms with van der Waals surface area (Å²) in [6.45, 7) is 0. The second-order valence-corrected chi connectivity index (χ2v) is 7.54. The van der Waals surface area contributed by atoms with E-state index < -0.39 is 10.1 Å². The van der Waals surface area contributed by atoms with E-state index in [4.69, 9.17) is 8.71 Å². The first kappa shape index (κ1) is 17.2. The SMILES string of the molecule is O=S(=O)(Cc1ccccc1)Oc1ccc2c(-c3ccc(F)cc3)noc2c1. The molecule has 0 unspecified atom stereocenters. The number of rotatable bonds is 5. The van der Waals surface area contributed by atoms with Crippen molar-refractivity contribution in [1.29, 1.82) is 0 Å². The summed E-state index contributed by atoms with van der Waals surface area (Å²) in [6, 6.07) is 19.3. The van der Waals surface area contributed by atoms with Crippen LogP contribution in [0, 0.1) is 5.82 Å². The fourth-order valence-electron chi connectivity index (χ4n) is 2.74. The summed E-state index contributed by atoms with van der Waals surface area (Å²) in [4.78, 5) is 0. The molecule has 7 heteroatoms. The minimum atomic E-state index is -3.81. The topological polar surface area (TPSA) is 69.4 Å². The van der Waals surface area contributed by atoms with E-state index in [1.165, 1.54) is 24.3 Å². The molecule has 4 aromatic rings. The van der Waals surface area contributed by atoms with Gasteiger partial charge < -0.3 is 8.71 Å². The molecule has 0 saturated heterocycles. The van der Waals surface area contributed by atoms with E-state index in [-0.39, 0.29) is 17.3 Å². The van der Waals surface area contributed by atoms with E-state index in [0.717, 1.165) is 0 Å². The Hall–Kier alpha value is -3.19. The van der Waals surface area contributed by atoms with Crippen LogP contribution in [0.4, 0.5) is 4.39 Å². The molecule has 0 aliphatic carbocycles. The van der Waals surface area contributed by atoms with Crippen LogP contribution in [0.3, 0.4) is 0 Å². The maximum atomic E-state index is 13.1. The zero-order valence-corrected chi connectivity index (χ0v) is 14.8. The van der Waals surface area contributed by atoms with E-state index >= 15 is 0 Å². The quantitative estimate of drug-likeness (QED) is 0.473. The maximum Gasteiger partial charge on any atom is 0.313 e. The first-order chi connectivity index (χ1) is 13.0. The highest BCUT2D eigenvalue weighted by molar-refractivity contribution is 7.86. The lowest BCUT2D eigenvalue weighted by molar-refractivity contribution is 0.456. The van der Waals surface area contributed by atoms with Gasteiger partial charge >= 0.3 is 10.1 Å². The number of nitrogens with zero attached hydrogens (tertiary/aromatic N) is 1. The van der Waals surface area contributed by atoms with Gasteiger partial charge in [-0.25, -0.2) is 4.39 Å². The van der Waals surface area contributed by atoms with Crippen LogP contribution in [-0.2, 0) is 15.9 Å². The van der Waals surface area contributed by atoms with Crippen LogP contribution in [0.1, 0.15) is 5.56 Å². The van der Waals surface area contributed by atoms with Gasteiger partial charge in [0, 0.05) is 17.0 Å². The molecule has 0 atom stereocenters. The van der Waals surface area contributed by atoms with Gasteiger partial charge in [-0.05, 0) is 42.0 Å². The molecule has 0 N–H and O–H groups in total. The number of aromatic nitrogens is 1. The zero-order valence-electron chi connectivity index (χ0n) is 14.0. The van der Waals surface area contributed by atoms with E-state index in [9.17, 15) is 12.8 Å². The van der Waals surface area contributed by atoms with Gasteiger partial charge in [0.15, 0.2) is 5.58 Å². The Morgan fingerprint density at radius 1 is 0.963 bits per heavy atom. The third-order valence-corrected chi connectivity index (χ3v) is 5.10. The van der Waals surface area contributed by atoms with Crippen LogP contribution >= 0.6 is 0 Å². The Bertz CT molecular complexity index is 1190. The third-order valence-electron chi connectivity index (χ3n) is 3.97. The lowest BCUT2D eigenvalue weighted by atomic mass is 10.1. The molecule has 5 nitrogen and oxygen atoms in total. The van der Waals surface area contributed by atoms with Gasteiger partial charge in [-0.3, -0.25) is 0 Å². The van der Waals surface area contributed by atoms with Crippen molar-refractivity contribution in [3.63, 3.8) is 0 Å². The predicted octanol–water partition coefficient (Wildman–Crippen LogP) is 4.54. The molecule has 3 aromatic carbocycles. The molecule has 1 heterocycles. The number of benzene rings is 3. The Labute approximate surface area is 155 Å². The standard InChI is InChI=1S/C20H14FNO4S/c21-16-8-6-15(7-9-16)20-18-11-10-17(12-19(18)25-22-20)26-27(23,24)13-14-4-2-1-3-5-14/h1-12H,13H2. The van der Waals surface area contributed by atoms with Gasteiger partial charge in [0.1, 0.15) is 23.0 Å². The van der Waals surface area contributed by atoms with Crippen LogP contribution < -0.4 is 4.18 Å². The van der Waals surface area contributed by atoms with Crippen LogP contribution in [-0.4, -0.2) is 13.6 Å². The molecule has 0 amide bonds. The van der Waals surface area contributed by atoms with Gasteiger partial charge in [0.25, 0.3) is 0 Å². The summed E-state index contributed by atoms with van der Waals surface area (Å²) < 4.78 is 48.1. The fourth-order valence-corrected chi connectivity index (χ4v) is 3.80. The molecule has 4 rings (SSSR count). The lowest BCUT2D eigenvalue weighted by Gasteiger charge is -2.07. The maximum absolute atomic E-state index is 13.1. The highest BCUT2D eigenvalue weighted by Crippen LogP contribution is 2.31. The zero-order chi connectivity index (χ0) is 18.9. The van der Waals surface area contributed by atoms with Gasteiger partial charge in [-0.1, -0.05) is 35.5 Å². The van der Waals surface area contributed by atoms with Crippen LogP contribution in [0.25, 0.3) is 22.2 Å². The molecule has 0 spiro atoms. The summed E-state index contributed by atoms with van der Waals surface area (Å²) in [5.41, 5.74) is 2.25. The van der Waals surface area contributed by atoms with Gasteiger partial charge in [-0.15, -0.1) is 0 Å². The van der Waals surface area contributed by atoms with Gasteiger partial charge in [-0.2, -0.15) is 8.42 Å². The van der Waals surface area contributed by atoms with Crippen molar-refractivity contribution in [2.45, 2.75) is 5.75 Å². The number of halogens is 1. The van der Waals surface area contributed by atoms with Gasteiger partial charge in [0.2, 0.25) is 0 Å². The predicted molar refractivity (Wildman–Crippen MR) is 99.1 cm³/mol. The Kier molecular flexibility index (Phi) is 4.37. The van der Waals surface area contributed by atoms with E-state index in [0.29, 0.717) is 27.8 Å². The van der Waals surface area contributed by atoms with Gasteiger partial charge in [0.05, 0.1) is 0 Å². The Balaban J connectivity index is 1.60. The number of hydrogen-bond donors (Lipinski definition) is 0. The molecule has 0 bridgehead atoms. The Morgan fingerprint density at radius 2 is 1.70 bits per heavy atom. The molecule has 136 valence electrons. The first-order valence-corrected chi connectivity index (χ1v) is 9.69. The largest absolute Gasteiger partial charge is 0.382 e. The summed E-state index contributed by atoms with van der Waals surface area (Å²) in [7, 11) is -3.81. The third kappa shape index (κ3) is 3.83. The minimum absolute atomic E-state index is 0.139. The van der Waals surface area contributed by atoms with Crippen molar-refractivity contribution in [3.05, 3.63) is 84.2 Å². The van der Waals surface area contributed by atoms with E-state index in [1.54, 1.807) is 42.5 Å². The van der Waals surface area contributed by atoms with Crippen molar-refractivity contribution in [2.75, 3.05) is 0 Å². The molecular formula is C20H14FNO4S. The summed E-state index contributed by atoms with van der Waals surface area (Å²) in [6.07, 6.45) is 0. The van der Waals surface area contributed by atoms with Crippen LogP contribution in [0.5, 0.6) is 5.75 Å². The monoisotopic (exact) mass is 383 g/mol. The molecule has 0 aliphatic rings. The molecule has 27 heavy (non-hydrogen) atoms. The molecule has 1 aromatic heterocycles. The second-order valence-electron chi connectivity index (χ2n) is 5.97. The Morgan fingerprint density at radius 3 is 2.44 bits per heavy atom. The fraction of sp³-hybridized carbons (Fsp3) is 0.0500. The minimum Gasteiger partial charge on any atom is -0.382 e. The average molecular weight is 383 g/mol. The van der Waals surface area contributed by atoms with Crippen molar-refractivity contribution in [2.24, 2.45) is 0 Å². The molecule has 0 saturated carbocycles. The van der Waals surface area contributed by atoms with Crippen molar-refractivity contribution < 1.29 is 21.5 Å². The molecule has 0 fully saturated rings. The smallest absolute Gasteiger partial charge is 0.313 e. The normalized spacial score (nSPS) is 11.6. The average Bonchev–Trinajstić information content (AvgIpc) is 3.05. The lowest BCUT2D eigenvalue weighted by Crippen LogP contribution is -2.11. The highest BCUT2D eigenvalue weighted by Gasteiger charge is 2.16.